The molecule has 0 atom stereocenters. The Morgan fingerprint density at radius 2 is 0.978 bits per heavy atom. The Morgan fingerprint density at radius 1 is 0.543 bits per heavy atom. The van der Waals surface area contributed by atoms with Crippen molar-refractivity contribution in [3.63, 3.8) is 0 Å². The van der Waals surface area contributed by atoms with Gasteiger partial charge >= 0.3 is 35.8 Å². The largest absolute Gasteiger partial charge is 0.494 e. The van der Waals surface area contributed by atoms with E-state index in [1.165, 1.54) is 17.7 Å². The van der Waals surface area contributed by atoms with E-state index in [2.05, 4.69) is 37.9 Å². The molecule has 0 N–H and O–H groups in total. The molecule has 0 aliphatic rings. The van der Waals surface area contributed by atoms with E-state index in [0.29, 0.717) is 12.4 Å². The fourth-order valence-corrected chi connectivity index (χ4v) is 7.02. The average molecular weight is 836 g/mol. The summed E-state index contributed by atoms with van der Waals surface area (Å²) in [6.45, 7) is -1.16. The number of thiophene rings is 1. The van der Waals surface area contributed by atoms with E-state index in [9.17, 15) is 57.1 Å². The molecule has 0 spiro atoms. The van der Waals surface area contributed by atoms with Crippen LogP contribution in [0.2, 0.25) is 0 Å². The van der Waals surface area contributed by atoms with Crippen molar-refractivity contribution < 1.29 is 66.5 Å². The molecule has 0 aliphatic carbocycles. The minimum Gasteiger partial charge on any atom is -0.494 e. The first-order valence-corrected chi connectivity index (χ1v) is 16.2. The molecule has 264 valence electrons. The Kier molecular flexibility index (Phi) is 14.4. The maximum atomic E-state index is 13.9. The van der Waals surface area contributed by atoms with Crippen molar-refractivity contribution in [3.05, 3.63) is 43.5 Å². The van der Waals surface area contributed by atoms with Gasteiger partial charge in [0, 0.05) is 0 Å². The van der Waals surface area contributed by atoms with Gasteiger partial charge in [0.2, 0.25) is 0 Å². The van der Waals surface area contributed by atoms with Crippen molar-refractivity contribution in [3.8, 4) is 11.5 Å². The monoisotopic (exact) mass is 834 g/mol. The number of aryl methyl sites for hydroxylation is 1. The lowest BCUT2D eigenvalue weighted by Gasteiger charge is -2.39. The number of unbranched alkanes of at least 4 members (excludes halogenated alkanes) is 7. The molecule has 1 aromatic carbocycles. The smallest absolute Gasteiger partial charge is 0.460 e. The molecule has 0 amide bonds. The molecular weight excluding hydrogens is 807 g/mol. The highest BCUT2D eigenvalue weighted by atomic mass is 79.9. The zero-order chi connectivity index (χ0) is 35.0. The van der Waals surface area contributed by atoms with Crippen LogP contribution in [0.5, 0.6) is 11.5 Å². The van der Waals surface area contributed by atoms with Crippen LogP contribution in [0.15, 0.2) is 37.9 Å². The maximum absolute atomic E-state index is 13.9. The molecule has 1 heterocycles. The van der Waals surface area contributed by atoms with Crippen LogP contribution >= 0.6 is 43.2 Å². The van der Waals surface area contributed by atoms with Crippen molar-refractivity contribution in [1.29, 1.82) is 0 Å². The van der Waals surface area contributed by atoms with E-state index in [-0.39, 0.29) is 5.75 Å². The summed E-state index contributed by atoms with van der Waals surface area (Å²) in [5, 5.41) is 0. The number of rotatable bonds is 20. The average Bonchev–Trinajstić information content (AvgIpc) is 3.27. The topological polar surface area (TPSA) is 18.5 Å². The van der Waals surface area contributed by atoms with E-state index in [0.717, 1.165) is 77.5 Å². The summed E-state index contributed by atoms with van der Waals surface area (Å²) in [7, 11) is 0. The second-order valence-electron chi connectivity index (χ2n) is 10.3. The van der Waals surface area contributed by atoms with Crippen LogP contribution < -0.4 is 9.47 Å². The molecule has 2 rings (SSSR count). The SMILES string of the molecule is FC(F)(F)C(F)(F)C(F)(F)C(F)(F)C(F)(F)C(F)(F)CCOc1ccc(OCCCCCCCCCCc2cc(Br)sc2Br)cc1. The van der Waals surface area contributed by atoms with Gasteiger partial charge in [-0.05, 0) is 87.0 Å². The number of halogens is 15. The number of hydrogen-bond donors (Lipinski definition) is 0. The Bertz CT molecular complexity index is 1220. The fourth-order valence-electron chi connectivity index (χ4n) is 4.10. The third-order valence-electron chi connectivity index (χ3n) is 6.84. The summed E-state index contributed by atoms with van der Waals surface area (Å²) in [4.78, 5) is 0. The number of ether oxygens (including phenoxy) is 2. The molecule has 0 bridgehead atoms. The van der Waals surface area contributed by atoms with Crippen molar-refractivity contribution in [1.82, 2.24) is 0 Å². The van der Waals surface area contributed by atoms with Gasteiger partial charge in [-0.15, -0.1) is 11.3 Å². The third-order valence-corrected chi connectivity index (χ3v) is 9.31. The number of alkyl halides is 13. The van der Waals surface area contributed by atoms with Gasteiger partial charge in [-0.2, -0.15) is 57.1 Å². The van der Waals surface area contributed by atoms with Gasteiger partial charge < -0.3 is 9.47 Å². The molecule has 0 radical (unpaired) electrons. The highest BCUT2D eigenvalue weighted by Crippen LogP contribution is 2.60. The van der Waals surface area contributed by atoms with Crippen molar-refractivity contribution in [2.24, 2.45) is 0 Å². The summed E-state index contributed by atoms with van der Waals surface area (Å²) >= 11 is 8.67. The minimum absolute atomic E-state index is 0.261. The highest BCUT2D eigenvalue weighted by molar-refractivity contribution is 9.12. The first-order chi connectivity index (χ1) is 21.1. The second kappa shape index (κ2) is 16.3. The van der Waals surface area contributed by atoms with Gasteiger partial charge in [0.25, 0.3) is 0 Å². The van der Waals surface area contributed by atoms with E-state index in [1.807, 2.05) is 0 Å². The Morgan fingerprint density at radius 3 is 1.43 bits per heavy atom. The molecule has 0 saturated carbocycles. The molecule has 1 aromatic heterocycles. The van der Waals surface area contributed by atoms with E-state index < -0.39 is 48.8 Å². The summed E-state index contributed by atoms with van der Waals surface area (Å²) in [6, 6.07) is 7.00. The normalized spacial score (nSPS) is 13.7. The minimum atomic E-state index is -7.91. The molecule has 0 fully saturated rings. The van der Waals surface area contributed by atoms with E-state index in [4.69, 9.17) is 9.47 Å². The van der Waals surface area contributed by atoms with Crippen LogP contribution in [0.25, 0.3) is 0 Å². The van der Waals surface area contributed by atoms with Crippen LogP contribution in [0.3, 0.4) is 0 Å². The van der Waals surface area contributed by atoms with E-state index >= 15 is 0 Å². The van der Waals surface area contributed by atoms with Crippen molar-refractivity contribution in [2.45, 2.75) is 100.0 Å². The summed E-state index contributed by atoms with van der Waals surface area (Å²) < 4.78 is 184. The Hall–Kier alpha value is -1.43. The Labute approximate surface area is 277 Å². The van der Waals surface area contributed by atoms with Gasteiger partial charge in [0.05, 0.1) is 27.2 Å². The van der Waals surface area contributed by atoms with Gasteiger partial charge in [-0.1, -0.05) is 38.5 Å². The van der Waals surface area contributed by atoms with Crippen molar-refractivity contribution in [2.75, 3.05) is 13.2 Å². The second-order valence-corrected chi connectivity index (χ2v) is 14.1. The molecule has 0 unspecified atom stereocenters. The molecule has 18 heteroatoms. The van der Waals surface area contributed by atoms with Gasteiger partial charge in [-0.25, -0.2) is 0 Å². The van der Waals surface area contributed by atoms with Crippen LogP contribution in [-0.2, 0) is 6.42 Å². The number of hydrogen-bond acceptors (Lipinski definition) is 3. The van der Waals surface area contributed by atoms with Crippen LogP contribution in [0.4, 0.5) is 57.1 Å². The summed E-state index contributed by atoms with van der Waals surface area (Å²) in [5.74, 6) is -36.9. The zero-order valence-corrected chi connectivity index (χ0v) is 27.8. The van der Waals surface area contributed by atoms with E-state index in [1.54, 1.807) is 11.3 Å². The van der Waals surface area contributed by atoms with Crippen LogP contribution in [0.1, 0.15) is 63.4 Å². The van der Waals surface area contributed by atoms with Gasteiger partial charge in [-0.3, -0.25) is 0 Å². The van der Waals surface area contributed by atoms with Crippen LogP contribution in [0, 0.1) is 0 Å². The highest BCUT2D eigenvalue weighted by Gasteiger charge is 2.90. The zero-order valence-electron chi connectivity index (χ0n) is 23.8. The lowest BCUT2D eigenvalue weighted by atomic mass is 9.93. The molecule has 2 nitrogen and oxygen atoms in total. The molecule has 0 saturated heterocycles. The standard InChI is InChI=1S/C28H29Br2F13O2S/c29-21-17-18(22(30)46-21)9-7-5-3-1-2-4-6-8-15-44-19-10-12-20(13-11-19)45-16-14-23(31,32)24(33,34)25(35,36)26(37,38)27(39,40)28(41,42)43/h10-13,17H,1-9,14-16H2. The quantitative estimate of drug-likeness (QED) is 0.0977. The number of benzene rings is 1. The predicted molar refractivity (Wildman–Crippen MR) is 153 cm³/mol. The molecule has 2 aromatic rings. The molecule has 0 aliphatic heterocycles. The molecule has 46 heavy (non-hydrogen) atoms. The lowest BCUT2D eigenvalue weighted by molar-refractivity contribution is -0.440. The first kappa shape index (κ1) is 40.7. The van der Waals surface area contributed by atoms with Crippen LogP contribution in [-0.4, -0.2) is 49.0 Å². The predicted octanol–water partition coefficient (Wildman–Crippen LogP) is 12.5. The first-order valence-electron chi connectivity index (χ1n) is 13.8. The summed E-state index contributed by atoms with van der Waals surface area (Å²) in [5.41, 5.74) is 1.30. The summed E-state index contributed by atoms with van der Waals surface area (Å²) in [6.07, 6.45) is -0.605. The fraction of sp³-hybridized carbons (Fsp3) is 0.643. The lowest BCUT2D eigenvalue weighted by Crippen LogP contribution is -2.70. The third kappa shape index (κ3) is 9.82. The van der Waals surface area contributed by atoms with Gasteiger partial charge in [0.1, 0.15) is 11.5 Å². The maximum Gasteiger partial charge on any atom is 0.460 e. The van der Waals surface area contributed by atoms with Crippen molar-refractivity contribution >= 4 is 43.2 Å². The Balaban J connectivity index is 1.69. The molecular formula is C28H29Br2F13O2S. The van der Waals surface area contributed by atoms with Gasteiger partial charge in [0.15, 0.2) is 0 Å².